The lowest BCUT2D eigenvalue weighted by Gasteiger charge is -2.33. The van der Waals surface area contributed by atoms with Crippen molar-refractivity contribution in [3.63, 3.8) is 0 Å². The minimum atomic E-state index is 0.0633. The number of benzene rings is 1. The molecule has 5 heteroatoms. The molecule has 2 aromatic rings. The van der Waals surface area contributed by atoms with Crippen LogP contribution in [0.2, 0.25) is 0 Å². The molecule has 120 valence electrons. The Labute approximate surface area is 136 Å². The zero-order valence-corrected chi connectivity index (χ0v) is 13.4. The Kier molecular flexibility index (Phi) is 4.88. The molecule has 1 amide bonds. The first kappa shape index (κ1) is 15.5. The van der Waals surface area contributed by atoms with E-state index in [1.807, 2.05) is 30.3 Å². The molecular formula is C18H22N4O. The molecule has 0 spiro atoms. The van der Waals surface area contributed by atoms with Crippen LogP contribution in [0.15, 0.2) is 48.8 Å². The maximum Gasteiger partial charge on any atom is 0.246 e. The number of nitrogens with one attached hydrogen (secondary N) is 1. The Morgan fingerprint density at radius 3 is 2.96 bits per heavy atom. The van der Waals surface area contributed by atoms with Gasteiger partial charge in [0.25, 0.3) is 0 Å². The SMILES string of the molecule is Cn1cc(C=CC(=O)N2CCNC(Cc3ccccc3)C2)cn1. The zero-order chi connectivity index (χ0) is 16.1. The maximum absolute atomic E-state index is 12.4. The first-order chi connectivity index (χ1) is 11.2. The number of hydrogen-bond acceptors (Lipinski definition) is 3. The quantitative estimate of drug-likeness (QED) is 0.870. The first-order valence-electron chi connectivity index (χ1n) is 7.93. The highest BCUT2D eigenvalue weighted by atomic mass is 16.2. The van der Waals surface area contributed by atoms with Gasteiger partial charge in [0.05, 0.1) is 6.20 Å². The van der Waals surface area contributed by atoms with Gasteiger partial charge in [0.15, 0.2) is 0 Å². The van der Waals surface area contributed by atoms with Gasteiger partial charge in [0.2, 0.25) is 5.91 Å². The molecule has 1 aliphatic heterocycles. The van der Waals surface area contributed by atoms with Crippen molar-refractivity contribution in [3.8, 4) is 0 Å². The fourth-order valence-corrected chi connectivity index (χ4v) is 2.86. The van der Waals surface area contributed by atoms with Gasteiger partial charge >= 0.3 is 0 Å². The second-order valence-electron chi connectivity index (χ2n) is 5.91. The predicted molar refractivity (Wildman–Crippen MR) is 90.8 cm³/mol. The van der Waals surface area contributed by atoms with Crippen LogP contribution >= 0.6 is 0 Å². The number of rotatable bonds is 4. The van der Waals surface area contributed by atoms with E-state index in [-0.39, 0.29) is 5.91 Å². The van der Waals surface area contributed by atoms with Crippen molar-refractivity contribution in [3.05, 3.63) is 59.9 Å². The van der Waals surface area contributed by atoms with Crippen molar-refractivity contribution in [1.29, 1.82) is 0 Å². The largest absolute Gasteiger partial charge is 0.336 e. The zero-order valence-electron chi connectivity index (χ0n) is 13.4. The molecule has 1 saturated heterocycles. The fourth-order valence-electron chi connectivity index (χ4n) is 2.86. The van der Waals surface area contributed by atoms with Gasteiger partial charge in [0.1, 0.15) is 0 Å². The molecule has 0 radical (unpaired) electrons. The van der Waals surface area contributed by atoms with E-state index in [4.69, 9.17) is 0 Å². The topological polar surface area (TPSA) is 50.2 Å². The Hall–Kier alpha value is -2.40. The van der Waals surface area contributed by atoms with Crippen LogP contribution in [0.4, 0.5) is 0 Å². The van der Waals surface area contributed by atoms with E-state index in [2.05, 4.69) is 34.7 Å². The van der Waals surface area contributed by atoms with E-state index in [1.54, 1.807) is 17.0 Å². The van der Waals surface area contributed by atoms with Crippen LogP contribution in [0.3, 0.4) is 0 Å². The lowest BCUT2D eigenvalue weighted by molar-refractivity contribution is -0.127. The average molecular weight is 310 g/mol. The third-order valence-corrected chi connectivity index (χ3v) is 4.04. The molecule has 0 saturated carbocycles. The smallest absolute Gasteiger partial charge is 0.246 e. The van der Waals surface area contributed by atoms with E-state index in [9.17, 15) is 4.79 Å². The van der Waals surface area contributed by atoms with Crippen molar-refractivity contribution in [2.75, 3.05) is 19.6 Å². The molecule has 1 aliphatic rings. The number of nitrogens with zero attached hydrogens (tertiary/aromatic N) is 3. The van der Waals surface area contributed by atoms with Crippen LogP contribution in [-0.2, 0) is 18.3 Å². The highest BCUT2D eigenvalue weighted by molar-refractivity contribution is 5.91. The number of aryl methyl sites for hydroxylation is 1. The van der Waals surface area contributed by atoms with Gasteiger partial charge in [-0.05, 0) is 18.1 Å². The second-order valence-corrected chi connectivity index (χ2v) is 5.91. The lowest BCUT2D eigenvalue weighted by Crippen LogP contribution is -2.53. The number of aromatic nitrogens is 2. The van der Waals surface area contributed by atoms with Gasteiger partial charge in [-0.1, -0.05) is 30.3 Å². The summed E-state index contributed by atoms with van der Waals surface area (Å²) < 4.78 is 1.73. The molecule has 1 aromatic heterocycles. The summed E-state index contributed by atoms with van der Waals surface area (Å²) in [5, 5.41) is 7.59. The van der Waals surface area contributed by atoms with Crippen LogP contribution in [0, 0.1) is 0 Å². The molecule has 1 N–H and O–H groups in total. The third kappa shape index (κ3) is 4.29. The standard InChI is InChI=1S/C18H22N4O/c1-21-13-16(12-20-21)7-8-18(23)22-10-9-19-17(14-22)11-15-5-3-2-4-6-15/h2-8,12-13,17,19H,9-11,14H2,1H3. The molecule has 1 atom stereocenters. The number of carbonyl (C=O) groups is 1. The summed E-state index contributed by atoms with van der Waals surface area (Å²) in [6, 6.07) is 10.7. The van der Waals surface area contributed by atoms with E-state index in [0.717, 1.165) is 31.6 Å². The van der Waals surface area contributed by atoms with E-state index < -0.39 is 0 Å². The minimum Gasteiger partial charge on any atom is -0.336 e. The minimum absolute atomic E-state index is 0.0633. The molecule has 3 rings (SSSR count). The molecule has 0 aliphatic carbocycles. The van der Waals surface area contributed by atoms with Crippen LogP contribution in [-0.4, -0.2) is 46.3 Å². The molecule has 2 heterocycles. The van der Waals surface area contributed by atoms with Gasteiger partial charge in [-0.25, -0.2) is 0 Å². The fraction of sp³-hybridized carbons (Fsp3) is 0.333. The Morgan fingerprint density at radius 2 is 2.22 bits per heavy atom. The van der Waals surface area contributed by atoms with Crippen molar-refractivity contribution in [2.24, 2.45) is 7.05 Å². The average Bonchev–Trinajstić information content (AvgIpc) is 2.99. The van der Waals surface area contributed by atoms with E-state index in [0.29, 0.717) is 6.04 Å². The first-order valence-corrected chi connectivity index (χ1v) is 7.93. The number of hydrogen-bond donors (Lipinski definition) is 1. The summed E-state index contributed by atoms with van der Waals surface area (Å²) >= 11 is 0. The summed E-state index contributed by atoms with van der Waals surface area (Å²) in [4.78, 5) is 14.3. The summed E-state index contributed by atoms with van der Waals surface area (Å²) in [5.41, 5.74) is 2.24. The van der Waals surface area contributed by atoms with Gasteiger partial charge < -0.3 is 10.2 Å². The predicted octanol–water partition coefficient (Wildman–Crippen LogP) is 1.48. The van der Waals surface area contributed by atoms with Crippen molar-refractivity contribution in [1.82, 2.24) is 20.0 Å². The molecule has 1 aromatic carbocycles. The number of piperazine rings is 1. The van der Waals surface area contributed by atoms with Crippen molar-refractivity contribution in [2.45, 2.75) is 12.5 Å². The third-order valence-electron chi connectivity index (χ3n) is 4.04. The highest BCUT2D eigenvalue weighted by Gasteiger charge is 2.21. The molecule has 23 heavy (non-hydrogen) atoms. The Balaban J connectivity index is 1.57. The van der Waals surface area contributed by atoms with E-state index >= 15 is 0 Å². The number of carbonyl (C=O) groups excluding carboxylic acids is 1. The number of amides is 1. The summed E-state index contributed by atoms with van der Waals surface area (Å²) in [5.74, 6) is 0.0633. The molecule has 5 nitrogen and oxygen atoms in total. The molecule has 0 bridgehead atoms. The second kappa shape index (κ2) is 7.24. The molecule has 1 fully saturated rings. The molecule has 1 unspecified atom stereocenters. The van der Waals surface area contributed by atoms with Gasteiger partial charge in [-0.15, -0.1) is 0 Å². The highest BCUT2D eigenvalue weighted by Crippen LogP contribution is 2.09. The van der Waals surface area contributed by atoms with Gasteiger partial charge in [-0.2, -0.15) is 5.10 Å². The lowest BCUT2D eigenvalue weighted by atomic mass is 10.0. The Bertz CT molecular complexity index is 677. The summed E-state index contributed by atoms with van der Waals surface area (Å²) in [7, 11) is 1.86. The van der Waals surface area contributed by atoms with Gasteiger partial charge in [0, 0.05) is 50.6 Å². The summed E-state index contributed by atoms with van der Waals surface area (Å²) in [6.45, 7) is 2.33. The van der Waals surface area contributed by atoms with Crippen LogP contribution < -0.4 is 5.32 Å². The molecular weight excluding hydrogens is 288 g/mol. The van der Waals surface area contributed by atoms with Crippen molar-refractivity contribution >= 4 is 12.0 Å². The van der Waals surface area contributed by atoms with Crippen LogP contribution in [0.5, 0.6) is 0 Å². The maximum atomic E-state index is 12.4. The van der Waals surface area contributed by atoms with Gasteiger partial charge in [-0.3, -0.25) is 9.48 Å². The van der Waals surface area contributed by atoms with Crippen LogP contribution in [0.1, 0.15) is 11.1 Å². The van der Waals surface area contributed by atoms with Crippen LogP contribution in [0.25, 0.3) is 6.08 Å². The Morgan fingerprint density at radius 1 is 1.39 bits per heavy atom. The normalized spacial score (nSPS) is 18.5. The summed E-state index contributed by atoms with van der Waals surface area (Å²) in [6.07, 6.45) is 8.04. The van der Waals surface area contributed by atoms with E-state index in [1.165, 1.54) is 5.56 Å². The monoisotopic (exact) mass is 310 g/mol. The van der Waals surface area contributed by atoms with Crippen molar-refractivity contribution < 1.29 is 4.79 Å².